The summed E-state index contributed by atoms with van der Waals surface area (Å²) in [6.45, 7) is 8.25. The molecule has 0 saturated carbocycles. The SMILES string of the molecule is O=C(NCCOCCOCCOCCOCCOCCOCCOCCOCCNC(=O)OC1CCC=CCCC1)OC1CCC=CCCC1. The largest absolute Gasteiger partial charge is 0.446 e. The molecule has 0 aliphatic heterocycles. The van der Waals surface area contributed by atoms with Crippen LogP contribution in [0.15, 0.2) is 24.3 Å². The van der Waals surface area contributed by atoms with Crippen LogP contribution in [0.1, 0.15) is 64.2 Å². The van der Waals surface area contributed by atoms with Crippen molar-refractivity contribution in [1.29, 1.82) is 0 Å². The quantitative estimate of drug-likeness (QED) is 0.0837. The average Bonchev–Trinajstić information content (AvgIpc) is 3.08. The molecule has 2 amide bonds. The summed E-state index contributed by atoms with van der Waals surface area (Å²) in [5, 5.41) is 5.47. The molecule has 2 aliphatic carbocycles. The van der Waals surface area contributed by atoms with Gasteiger partial charge >= 0.3 is 12.2 Å². The van der Waals surface area contributed by atoms with E-state index in [1.807, 2.05) is 0 Å². The summed E-state index contributed by atoms with van der Waals surface area (Å²) in [4.78, 5) is 23.8. The molecule has 2 aliphatic rings. The van der Waals surface area contributed by atoms with Crippen LogP contribution in [0.4, 0.5) is 9.59 Å². The maximum absolute atomic E-state index is 11.9. The second kappa shape index (κ2) is 33.8. The lowest BCUT2D eigenvalue weighted by molar-refractivity contribution is -0.0229. The van der Waals surface area contributed by atoms with Gasteiger partial charge in [-0.15, -0.1) is 0 Å². The number of alkyl carbamates (subject to hydrolysis) is 2. The Balaban J connectivity index is 1.18. The number of ether oxygens (including phenoxy) is 10. The summed E-state index contributed by atoms with van der Waals surface area (Å²) in [5.74, 6) is 0. The number of hydrogen-bond acceptors (Lipinski definition) is 12. The van der Waals surface area contributed by atoms with Crippen molar-refractivity contribution < 1.29 is 57.0 Å². The van der Waals surface area contributed by atoms with Gasteiger partial charge in [0.05, 0.1) is 106 Å². The first-order chi connectivity index (χ1) is 24.7. The highest BCUT2D eigenvalue weighted by molar-refractivity contribution is 5.67. The van der Waals surface area contributed by atoms with Gasteiger partial charge in [0, 0.05) is 13.1 Å². The van der Waals surface area contributed by atoms with E-state index in [1.165, 1.54) is 0 Å². The minimum absolute atomic E-state index is 0.00922. The van der Waals surface area contributed by atoms with E-state index in [9.17, 15) is 9.59 Å². The van der Waals surface area contributed by atoms with Gasteiger partial charge < -0.3 is 58.0 Å². The maximum atomic E-state index is 11.9. The third kappa shape index (κ3) is 28.4. The van der Waals surface area contributed by atoms with E-state index in [0.717, 1.165) is 64.2 Å². The highest BCUT2D eigenvalue weighted by Crippen LogP contribution is 2.16. The van der Waals surface area contributed by atoms with Gasteiger partial charge in [0.2, 0.25) is 0 Å². The Hall–Kier alpha value is -2.30. The molecule has 0 heterocycles. The molecule has 0 bridgehead atoms. The van der Waals surface area contributed by atoms with Crippen LogP contribution >= 0.6 is 0 Å². The molecule has 50 heavy (non-hydrogen) atoms. The van der Waals surface area contributed by atoms with E-state index in [4.69, 9.17) is 47.4 Å². The summed E-state index contributed by atoms with van der Waals surface area (Å²) in [5.41, 5.74) is 0. The van der Waals surface area contributed by atoms with Gasteiger partial charge in [-0.25, -0.2) is 9.59 Å². The van der Waals surface area contributed by atoms with E-state index < -0.39 is 0 Å². The minimum atomic E-state index is -0.378. The zero-order chi connectivity index (χ0) is 35.4. The van der Waals surface area contributed by atoms with Crippen molar-refractivity contribution in [3.8, 4) is 0 Å². The highest BCUT2D eigenvalue weighted by Gasteiger charge is 2.15. The van der Waals surface area contributed by atoms with E-state index in [1.54, 1.807) is 0 Å². The highest BCUT2D eigenvalue weighted by atomic mass is 16.6. The van der Waals surface area contributed by atoms with Gasteiger partial charge in [-0.2, -0.15) is 0 Å². The first-order valence-electron chi connectivity index (χ1n) is 18.5. The molecule has 2 atom stereocenters. The van der Waals surface area contributed by atoms with E-state index >= 15 is 0 Å². The van der Waals surface area contributed by atoms with Gasteiger partial charge in [-0.05, 0) is 64.2 Å². The first-order valence-corrected chi connectivity index (χ1v) is 18.5. The van der Waals surface area contributed by atoms with E-state index in [2.05, 4.69) is 34.9 Å². The van der Waals surface area contributed by atoms with Gasteiger partial charge in [-0.3, -0.25) is 0 Å². The van der Waals surface area contributed by atoms with Crippen LogP contribution in [0.3, 0.4) is 0 Å². The molecule has 2 N–H and O–H groups in total. The zero-order valence-corrected chi connectivity index (χ0v) is 30.2. The second-order valence-corrected chi connectivity index (χ2v) is 11.8. The first kappa shape index (κ1) is 43.9. The number of carbonyl (C=O) groups excluding carboxylic acids is 2. The molecule has 0 spiro atoms. The Kier molecular flexibility index (Phi) is 29.7. The standard InChI is InChI=1S/C36H64N2O12/c39-35(49-33-11-7-3-1-4-8-12-33)37-15-17-41-19-21-43-23-25-45-27-29-47-31-32-48-30-28-46-26-24-44-22-20-42-18-16-38-36(40)50-34-13-9-5-2-6-10-14-34/h1-3,5,33-34H,4,6-32H2,(H,37,39)(H,38,40). The van der Waals surface area contributed by atoms with Gasteiger partial charge in [0.15, 0.2) is 0 Å². The summed E-state index contributed by atoms with van der Waals surface area (Å²) in [6, 6.07) is 0. The molecule has 0 fully saturated rings. The fourth-order valence-corrected chi connectivity index (χ4v) is 4.96. The van der Waals surface area contributed by atoms with Crippen molar-refractivity contribution in [2.24, 2.45) is 0 Å². The van der Waals surface area contributed by atoms with Gasteiger partial charge in [0.1, 0.15) is 12.2 Å². The van der Waals surface area contributed by atoms with Gasteiger partial charge in [0.25, 0.3) is 0 Å². The smallest absolute Gasteiger partial charge is 0.407 e. The lowest BCUT2D eigenvalue weighted by Gasteiger charge is -2.18. The molecule has 14 heteroatoms. The Morgan fingerprint density at radius 1 is 0.400 bits per heavy atom. The van der Waals surface area contributed by atoms with Crippen LogP contribution in [0.25, 0.3) is 0 Å². The number of amides is 2. The van der Waals surface area contributed by atoms with Crippen LogP contribution in [-0.2, 0) is 47.4 Å². The molecule has 14 nitrogen and oxygen atoms in total. The third-order valence-electron chi connectivity index (χ3n) is 7.62. The summed E-state index contributed by atoms with van der Waals surface area (Å²) >= 11 is 0. The second-order valence-electron chi connectivity index (χ2n) is 11.8. The monoisotopic (exact) mass is 716 g/mol. The molecule has 2 rings (SSSR count). The maximum Gasteiger partial charge on any atom is 0.407 e. The number of rotatable bonds is 29. The van der Waals surface area contributed by atoms with E-state index in [0.29, 0.717) is 119 Å². The van der Waals surface area contributed by atoms with Crippen LogP contribution in [0.2, 0.25) is 0 Å². The van der Waals surface area contributed by atoms with Crippen molar-refractivity contribution in [2.75, 3.05) is 119 Å². The Morgan fingerprint density at radius 2 is 0.680 bits per heavy atom. The molecular formula is C36H64N2O12. The van der Waals surface area contributed by atoms with Crippen LogP contribution in [0, 0.1) is 0 Å². The number of hydrogen-bond donors (Lipinski definition) is 2. The summed E-state index contributed by atoms with van der Waals surface area (Å²) in [7, 11) is 0. The van der Waals surface area contributed by atoms with Gasteiger partial charge in [-0.1, -0.05) is 24.3 Å². The molecule has 0 radical (unpaired) electrons. The molecule has 0 aromatic heterocycles. The van der Waals surface area contributed by atoms with Crippen LogP contribution in [-0.4, -0.2) is 143 Å². The summed E-state index contributed by atoms with van der Waals surface area (Å²) < 4.78 is 54.8. The fraction of sp³-hybridized carbons (Fsp3) is 0.833. The average molecular weight is 717 g/mol. The molecule has 2 unspecified atom stereocenters. The molecule has 0 saturated heterocycles. The van der Waals surface area contributed by atoms with Crippen molar-refractivity contribution in [3.05, 3.63) is 24.3 Å². The number of nitrogens with one attached hydrogen (secondary N) is 2. The Morgan fingerprint density at radius 3 is 1.00 bits per heavy atom. The number of allylic oxidation sites excluding steroid dienone is 4. The molecule has 0 aromatic rings. The van der Waals surface area contributed by atoms with Crippen LogP contribution < -0.4 is 10.6 Å². The minimum Gasteiger partial charge on any atom is -0.446 e. The van der Waals surface area contributed by atoms with Crippen molar-refractivity contribution in [3.63, 3.8) is 0 Å². The van der Waals surface area contributed by atoms with Crippen LogP contribution in [0.5, 0.6) is 0 Å². The van der Waals surface area contributed by atoms with E-state index in [-0.39, 0.29) is 24.4 Å². The molecule has 290 valence electrons. The summed E-state index contributed by atoms with van der Waals surface area (Å²) in [6.07, 6.45) is 17.6. The third-order valence-corrected chi connectivity index (χ3v) is 7.62. The van der Waals surface area contributed by atoms with Crippen molar-refractivity contribution in [2.45, 2.75) is 76.4 Å². The predicted octanol–water partition coefficient (Wildman–Crippen LogP) is 4.35. The lowest BCUT2D eigenvalue weighted by Crippen LogP contribution is -2.31. The molecular weight excluding hydrogens is 652 g/mol. The number of carbonyl (C=O) groups is 2. The Labute approximate surface area is 299 Å². The van der Waals surface area contributed by atoms with Crippen molar-refractivity contribution in [1.82, 2.24) is 10.6 Å². The fourth-order valence-electron chi connectivity index (χ4n) is 4.96. The zero-order valence-electron chi connectivity index (χ0n) is 30.2. The lowest BCUT2D eigenvalue weighted by atomic mass is 10.0. The normalized spacial score (nSPS) is 18.1. The molecule has 0 aromatic carbocycles. The topological polar surface area (TPSA) is 150 Å². The van der Waals surface area contributed by atoms with Crippen molar-refractivity contribution >= 4 is 12.2 Å². The predicted molar refractivity (Wildman–Crippen MR) is 188 cm³/mol. The Bertz CT molecular complexity index is 795.